The van der Waals surface area contributed by atoms with Gasteiger partial charge in [0.25, 0.3) is 9.05 Å². The molecule has 0 spiro atoms. The molecule has 0 N–H and O–H groups in total. The fourth-order valence-corrected chi connectivity index (χ4v) is 2.82. The third-order valence-electron chi connectivity index (χ3n) is 1.71. The lowest BCUT2D eigenvalue weighted by atomic mass is 10.2. The average Bonchev–Trinajstić information content (AvgIpc) is 2.24. The van der Waals surface area contributed by atoms with Crippen LogP contribution in [0.1, 0.15) is 10.4 Å². The fourth-order valence-electron chi connectivity index (χ4n) is 1.05. The van der Waals surface area contributed by atoms with E-state index in [2.05, 4.69) is 10.7 Å². The number of hydrogen-bond donors (Lipinski definition) is 0. The van der Waals surface area contributed by atoms with E-state index < -0.39 is 15.0 Å². The Bertz CT molecular complexity index is 589. The van der Waals surface area contributed by atoms with E-state index in [4.69, 9.17) is 17.1 Å². The second kappa shape index (κ2) is 5.71. The van der Waals surface area contributed by atoms with Gasteiger partial charge in [-0.15, -0.1) is 6.42 Å². The van der Waals surface area contributed by atoms with Crippen LogP contribution in [0, 0.1) is 15.9 Å². The number of hydrogen-bond acceptors (Lipinski definition) is 4. The molecule has 0 aliphatic heterocycles. The molecule has 0 heterocycles. The highest BCUT2D eigenvalue weighted by molar-refractivity contribution is 14.1. The van der Waals surface area contributed by atoms with Gasteiger partial charge in [0.15, 0.2) is 6.61 Å². The molecule has 0 saturated heterocycles. The summed E-state index contributed by atoms with van der Waals surface area (Å²) in [5.74, 6) is 1.29. The monoisotopic (exact) mass is 384 g/mol. The number of esters is 1. The summed E-state index contributed by atoms with van der Waals surface area (Å²) in [7, 11) is 1.22. The van der Waals surface area contributed by atoms with Gasteiger partial charge in [0.1, 0.15) is 0 Å². The zero-order chi connectivity index (χ0) is 13.1. The van der Waals surface area contributed by atoms with Crippen LogP contribution in [0.3, 0.4) is 0 Å². The van der Waals surface area contributed by atoms with Crippen LogP contribution in [0.25, 0.3) is 0 Å². The predicted molar refractivity (Wildman–Crippen MR) is 71.3 cm³/mol. The molecule has 7 heteroatoms. The highest BCUT2D eigenvalue weighted by atomic mass is 127. The first-order valence-electron chi connectivity index (χ1n) is 4.21. The van der Waals surface area contributed by atoms with Gasteiger partial charge < -0.3 is 4.74 Å². The van der Waals surface area contributed by atoms with Crippen molar-refractivity contribution >= 4 is 48.3 Å². The zero-order valence-corrected chi connectivity index (χ0v) is 12.0. The molecule has 0 aliphatic rings. The van der Waals surface area contributed by atoms with Crippen molar-refractivity contribution in [1.29, 1.82) is 0 Å². The van der Waals surface area contributed by atoms with Crippen molar-refractivity contribution in [2.75, 3.05) is 6.61 Å². The number of terminal acetylenes is 1. The maximum absolute atomic E-state index is 11.5. The minimum Gasteiger partial charge on any atom is -0.449 e. The number of halogens is 2. The number of rotatable bonds is 3. The molecule has 0 unspecified atom stereocenters. The quantitative estimate of drug-likeness (QED) is 0.346. The average molecular weight is 385 g/mol. The van der Waals surface area contributed by atoms with Crippen LogP contribution in [0.2, 0.25) is 0 Å². The number of carbonyl (C=O) groups is 1. The minimum absolute atomic E-state index is 0.129. The molecular formula is C10H6ClIO4S. The van der Waals surface area contributed by atoms with E-state index in [1.54, 1.807) is 6.07 Å². The Hall–Kier alpha value is -0.780. The van der Waals surface area contributed by atoms with E-state index in [9.17, 15) is 13.2 Å². The molecule has 17 heavy (non-hydrogen) atoms. The van der Waals surface area contributed by atoms with Crippen molar-refractivity contribution in [2.24, 2.45) is 0 Å². The molecule has 1 rings (SSSR count). The van der Waals surface area contributed by atoms with Gasteiger partial charge in [-0.05, 0) is 40.8 Å². The first kappa shape index (κ1) is 14.3. The van der Waals surface area contributed by atoms with Crippen LogP contribution < -0.4 is 0 Å². The Morgan fingerprint density at radius 3 is 2.71 bits per heavy atom. The van der Waals surface area contributed by atoms with E-state index in [0.29, 0.717) is 3.57 Å². The molecule has 0 radical (unpaired) electrons. The lowest BCUT2D eigenvalue weighted by molar-refractivity contribution is 0.0552. The molecule has 0 saturated carbocycles. The molecule has 0 atom stereocenters. The molecule has 4 nitrogen and oxygen atoms in total. The summed E-state index contributed by atoms with van der Waals surface area (Å²) in [4.78, 5) is 11.3. The van der Waals surface area contributed by atoms with Gasteiger partial charge in [-0.2, -0.15) is 0 Å². The van der Waals surface area contributed by atoms with Gasteiger partial charge in [0.2, 0.25) is 0 Å². The van der Waals surface area contributed by atoms with Crippen LogP contribution in [-0.2, 0) is 13.8 Å². The molecule has 1 aromatic rings. The van der Waals surface area contributed by atoms with E-state index >= 15 is 0 Å². The standard InChI is InChI=1S/C10H6ClIO4S/c1-2-5-16-10(13)8-4-3-7(12)6-9(8)17(11,14)15/h1,3-4,6H,5H2. The largest absolute Gasteiger partial charge is 0.449 e. The molecule has 1 aromatic carbocycles. The van der Waals surface area contributed by atoms with Gasteiger partial charge in [0, 0.05) is 14.3 Å². The van der Waals surface area contributed by atoms with Crippen LogP contribution in [0.4, 0.5) is 0 Å². The van der Waals surface area contributed by atoms with Crippen molar-refractivity contribution < 1.29 is 17.9 Å². The van der Waals surface area contributed by atoms with Crippen LogP contribution in [0.5, 0.6) is 0 Å². The first-order valence-corrected chi connectivity index (χ1v) is 7.60. The van der Waals surface area contributed by atoms with Gasteiger partial charge in [-0.25, -0.2) is 13.2 Å². The topological polar surface area (TPSA) is 60.4 Å². The van der Waals surface area contributed by atoms with E-state index in [0.717, 1.165) is 0 Å². The third kappa shape index (κ3) is 3.87. The third-order valence-corrected chi connectivity index (χ3v) is 3.75. The minimum atomic E-state index is -4.01. The smallest absolute Gasteiger partial charge is 0.340 e. The Morgan fingerprint density at radius 2 is 2.18 bits per heavy atom. The maximum atomic E-state index is 11.5. The zero-order valence-electron chi connectivity index (χ0n) is 8.31. The normalized spacial score (nSPS) is 10.6. The van der Waals surface area contributed by atoms with Crippen molar-refractivity contribution in [1.82, 2.24) is 0 Å². The fraction of sp³-hybridized carbons (Fsp3) is 0.100. The van der Waals surface area contributed by atoms with Crippen molar-refractivity contribution in [3.8, 4) is 12.3 Å². The lowest BCUT2D eigenvalue weighted by Crippen LogP contribution is -2.10. The Kier molecular flexibility index (Phi) is 4.80. The first-order chi connectivity index (χ1) is 7.86. The second-order valence-corrected chi connectivity index (χ2v) is 6.64. The van der Waals surface area contributed by atoms with Crippen molar-refractivity contribution in [2.45, 2.75) is 4.90 Å². The summed E-state index contributed by atoms with van der Waals surface area (Å²) < 4.78 is 27.9. The highest BCUT2D eigenvalue weighted by Gasteiger charge is 2.21. The number of ether oxygens (including phenoxy) is 1. The van der Waals surface area contributed by atoms with Crippen LogP contribution in [0.15, 0.2) is 23.1 Å². The molecular weight excluding hydrogens is 379 g/mol. The van der Waals surface area contributed by atoms with Crippen LogP contribution >= 0.6 is 33.3 Å². The Morgan fingerprint density at radius 1 is 1.53 bits per heavy atom. The molecule has 0 bridgehead atoms. The van der Waals surface area contributed by atoms with E-state index in [1.807, 2.05) is 22.6 Å². The van der Waals surface area contributed by atoms with Crippen molar-refractivity contribution in [3.05, 3.63) is 27.3 Å². The summed E-state index contributed by atoms with van der Waals surface area (Å²) in [5, 5.41) is 0. The molecule has 0 aliphatic carbocycles. The second-order valence-electron chi connectivity index (χ2n) is 2.86. The van der Waals surface area contributed by atoms with E-state index in [-0.39, 0.29) is 17.1 Å². The molecule has 90 valence electrons. The number of carbonyl (C=O) groups excluding carboxylic acids is 1. The summed E-state index contributed by atoms with van der Waals surface area (Å²) in [6, 6.07) is 4.18. The summed E-state index contributed by atoms with van der Waals surface area (Å²) >= 11 is 1.91. The van der Waals surface area contributed by atoms with Gasteiger partial charge in [0.05, 0.1) is 10.5 Å². The number of benzene rings is 1. The molecule has 0 fully saturated rings. The summed E-state index contributed by atoms with van der Waals surface area (Å²) in [5.41, 5.74) is -0.129. The SMILES string of the molecule is C#CCOC(=O)c1ccc(I)cc1S(=O)(=O)Cl. The summed E-state index contributed by atoms with van der Waals surface area (Å²) in [6.45, 7) is -0.230. The van der Waals surface area contributed by atoms with Crippen molar-refractivity contribution in [3.63, 3.8) is 0 Å². The molecule has 0 amide bonds. The van der Waals surface area contributed by atoms with Crippen LogP contribution in [-0.4, -0.2) is 21.0 Å². The predicted octanol–water partition coefficient (Wildman–Crippen LogP) is 2.01. The molecule has 0 aromatic heterocycles. The lowest BCUT2D eigenvalue weighted by Gasteiger charge is -2.06. The van der Waals surface area contributed by atoms with Gasteiger partial charge in [-0.1, -0.05) is 5.92 Å². The Labute approximate surface area is 117 Å². The van der Waals surface area contributed by atoms with E-state index in [1.165, 1.54) is 12.1 Å². The summed E-state index contributed by atoms with van der Waals surface area (Å²) in [6.07, 6.45) is 4.93. The maximum Gasteiger partial charge on any atom is 0.340 e. The van der Waals surface area contributed by atoms with Gasteiger partial charge >= 0.3 is 5.97 Å². The Balaban J connectivity index is 3.26. The highest BCUT2D eigenvalue weighted by Crippen LogP contribution is 2.23. The van der Waals surface area contributed by atoms with Gasteiger partial charge in [-0.3, -0.25) is 0 Å².